The molecule has 1 aromatic carbocycles. The molecule has 0 aliphatic heterocycles. The van der Waals surface area contributed by atoms with Gasteiger partial charge in [0.05, 0.1) is 6.61 Å². The van der Waals surface area contributed by atoms with Crippen LogP contribution in [0.3, 0.4) is 0 Å². The number of nitrogens with two attached hydrogens (primary N) is 1. The molecule has 0 fully saturated rings. The van der Waals surface area contributed by atoms with Gasteiger partial charge in [0.1, 0.15) is 11.8 Å². The Balaban J connectivity index is 2.92. The van der Waals surface area contributed by atoms with E-state index in [1.54, 1.807) is 24.3 Å². The van der Waals surface area contributed by atoms with E-state index in [9.17, 15) is 4.79 Å². The molecule has 1 aromatic rings. The summed E-state index contributed by atoms with van der Waals surface area (Å²) >= 11 is 0. The quantitative estimate of drug-likeness (QED) is 0.491. The number of benzene rings is 1. The summed E-state index contributed by atoms with van der Waals surface area (Å²) in [7, 11) is 0. The molecule has 15 heavy (non-hydrogen) atoms. The number of hydrogen-bond acceptors (Lipinski definition) is 4. The normalized spacial score (nSPS) is 12.1. The van der Waals surface area contributed by atoms with E-state index in [1.165, 1.54) is 0 Å². The van der Waals surface area contributed by atoms with Crippen LogP contribution in [0.5, 0.6) is 5.75 Å². The van der Waals surface area contributed by atoms with Crippen molar-refractivity contribution in [1.82, 2.24) is 5.43 Å². The van der Waals surface area contributed by atoms with E-state index in [2.05, 4.69) is 5.43 Å². The average molecular weight is 210 g/mol. The summed E-state index contributed by atoms with van der Waals surface area (Å²) in [4.78, 5) is 10.8. The minimum absolute atomic E-state index is 0.539. The van der Waals surface area contributed by atoms with Gasteiger partial charge in [-0.25, -0.2) is 5.43 Å². The molecule has 0 aromatic heterocycles. The molecule has 82 valence electrons. The molecule has 0 bridgehead atoms. The largest absolute Gasteiger partial charge is 0.494 e. The Morgan fingerprint density at radius 3 is 2.93 bits per heavy atom. The first-order valence-electron chi connectivity index (χ1n) is 4.60. The van der Waals surface area contributed by atoms with Gasteiger partial charge in [0, 0.05) is 0 Å². The molecule has 0 aliphatic rings. The molecule has 0 amide bonds. The molecule has 0 saturated carbocycles. The number of carboxylic acids is 1. The van der Waals surface area contributed by atoms with Gasteiger partial charge in [-0.05, 0) is 24.6 Å². The first-order valence-corrected chi connectivity index (χ1v) is 4.60. The Morgan fingerprint density at radius 1 is 1.67 bits per heavy atom. The van der Waals surface area contributed by atoms with Crippen molar-refractivity contribution < 1.29 is 14.6 Å². The third-order valence-electron chi connectivity index (χ3n) is 1.92. The monoisotopic (exact) mass is 210 g/mol. The van der Waals surface area contributed by atoms with E-state index in [-0.39, 0.29) is 0 Å². The summed E-state index contributed by atoms with van der Waals surface area (Å²) in [6.07, 6.45) is 0. The molecule has 4 N–H and O–H groups in total. The Labute approximate surface area is 87.8 Å². The fourth-order valence-corrected chi connectivity index (χ4v) is 1.26. The van der Waals surface area contributed by atoms with Crippen molar-refractivity contribution in [3.63, 3.8) is 0 Å². The van der Waals surface area contributed by atoms with Crippen molar-refractivity contribution in [3.05, 3.63) is 29.8 Å². The van der Waals surface area contributed by atoms with Gasteiger partial charge in [-0.15, -0.1) is 0 Å². The van der Waals surface area contributed by atoms with E-state index < -0.39 is 12.0 Å². The predicted octanol–water partition coefficient (Wildman–Crippen LogP) is 0.674. The number of ether oxygens (including phenoxy) is 1. The van der Waals surface area contributed by atoms with E-state index in [1.807, 2.05) is 6.92 Å². The first-order chi connectivity index (χ1) is 7.19. The van der Waals surface area contributed by atoms with Gasteiger partial charge in [-0.3, -0.25) is 10.6 Å². The SMILES string of the molecule is CCOc1cccc(C(NN)C(=O)O)c1. The van der Waals surface area contributed by atoms with Crippen LogP contribution in [0.1, 0.15) is 18.5 Å². The lowest BCUT2D eigenvalue weighted by Gasteiger charge is -2.12. The molecule has 1 atom stereocenters. The van der Waals surface area contributed by atoms with E-state index in [4.69, 9.17) is 15.7 Å². The highest BCUT2D eigenvalue weighted by molar-refractivity contribution is 5.75. The van der Waals surface area contributed by atoms with Crippen LogP contribution in [0.15, 0.2) is 24.3 Å². The first kappa shape index (κ1) is 11.5. The molecule has 5 heteroatoms. The topological polar surface area (TPSA) is 84.6 Å². The van der Waals surface area contributed by atoms with Crippen molar-refractivity contribution in [2.45, 2.75) is 13.0 Å². The van der Waals surface area contributed by atoms with Crippen LogP contribution in [0.25, 0.3) is 0 Å². The second-order valence-electron chi connectivity index (χ2n) is 2.94. The van der Waals surface area contributed by atoms with Gasteiger partial charge in [-0.1, -0.05) is 12.1 Å². The van der Waals surface area contributed by atoms with Gasteiger partial charge in [-0.2, -0.15) is 0 Å². The van der Waals surface area contributed by atoms with Crippen LogP contribution in [0, 0.1) is 0 Å². The zero-order valence-electron chi connectivity index (χ0n) is 8.43. The Bertz CT molecular complexity index is 341. The van der Waals surface area contributed by atoms with Gasteiger partial charge in [0.2, 0.25) is 0 Å². The average Bonchev–Trinajstić information content (AvgIpc) is 2.19. The number of hydrogen-bond donors (Lipinski definition) is 3. The summed E-state index contributed by atoms with van der Waals surface area (Å²) in [5.41, 5.74) is 2.80. The third kappa shape index (κ3) is 2.93. The fourth-order valence-electron chi connectivity index (χ4n) is 1.26. The molecule has 0 heterocycles. The molecule has 0 spiro atoms. The molecule has 0 aliphatic carbocycles. The second kappa shape index (κ2) is 5.33. The second-order valence-corrected chi connectivity index (χ2v) is 2.94. The summed E-state index contributed by atoms with van der Waals surface area (Å²) in [6, 6.07) is 5.92. The van der Waals surface area contributed by atoms with Gasteiger partial charge in [0.15, 0.2) is 0 Å². The number of rotatable bonds is 5. The smallest absolute Gasteiger partial charge is 0.326 e. The molecule has 1 rings (SSSR count). The van der Waals surface area contributed by atoms with Crippen molar-refractivity contribution in [2.75, 3.05) is 6.61 Å². The van der Waals surface area contributed by atoms with Crippen molar-refractivity contribution >= 4 is 5.97 Å². The van der Waals surface area contributed by atoms with E-state index in [0.717, 1.165) is 0 Å². The van der Waals surface area contributed by atoms with Crippen molar-refractivity contribution in [2.24, 2.45) is 5.84 Å². The van der Waals surface area contributed by atoms with Crippen LogP contribution in [-0.4, -0.2) is 17.7 Å². The minimum Gasteiger partial charge on any atom is -0.494 e. The lowest BCUT2D eigenvalue weighted by Crippen LogP contribution is -2.33. The van der Waals surface area contributed by atoms with Crippen LogP contribution in [0.2, 0.25) is 0 Å². The van der Waals surface area contributed by atoms with E-state index in [0.29, 0.717) is 17.9 Å². The molecule has 1 unspecified atom stereocenters. The Morgan fingerprint density at radius 2 is 2.40 bits per heavy atom. The fraction of sp³-hybridized carbons (Fsp3) is 0.300. The number of nitrogens with one attached hydrogen (secondary N) is 1. The maximum absolute atomic E-state index is 10.8. The number of aliphatic carboxylic acids is 1. The van der Waals surface area contributed by atoms with Crippen molar-refractivity contribution in [1.29, 1.82) is 0 Å². The van der Waals surface area contributed by atoms with Crippen LogP contribution < -0.4 is 16.0 Å². The summed E-state index contributed by atoms with van der Waals surface area (Å²) in [5, 5.41) is 8.86. The third-order valence-corrected chi connectivity index (χ3v) is 1.92. The molecular formula is C10H14N2O3. The van der Waals surface area contributed by atoms with Crippen LogP contribution in [0.4, 0.5) is 0 Å². The highest BCUT2D eigenvalue weighted by atomic mass is 16.5. The molecular weight excluding hydrogens is 196 g/mol. The maximum atomic E-state index is 10.8. The summed E-state index contributed by atoms with van der Waals surface area (Å²) in [5.74, 6) is 4.77. The zero-order chi connectivity index (χ0) is 11.3. The molecule has 0 saturated heterocycles. The predicted molar refractivity (Wildman–Crippen MR) is 55.3 cm³/mol. The minimum atomic E-state index is -1.02. The van der Waals surface area contributed by atoms with Crippen LogP contribution >= 0.6 is 0 Å². The Kier molecular flexibility index (Phi) is 4.08. The Hall–Kier alpha value is -1.59. The highest BCUT2D eigenvalue weighted by Gasteiger charge is 2.17. The molecule has 5 nitrogen and oxygen atoms in total. The number of carboxylic acid groups (broad SMARTS) is 1. The van der Waals surface area contributed by atoms with Gasteiger partial charge < -0.3 is 9.84 Å². The van der Waals surface area contributed by atoms with Crippen LogP contribution in [-0.2, 0) is 4.79 Å². The summed E-state index contributed by atoms with van der Waals surface area (Å²) in [6.45, 7) is 2.40. The number of hydrazine groups is 1. The zero-order valence-corrected chi connectivity index (χ0v) is 8.43. The lowest BCUT2D eigenvalue weighted by atomic mass is 10.1. The van der Waals surface area contributed by atoms with E-state index >= 15 is 0 Å². The maximum Gasteiger partial charge on any atom is 0.326 e. The summed E-state index contributed by atoms with van der Waals surface area (Å²) < 4.78 is 5.26. The lowest BCUT2D eigenvalue weighted by molar-refractivity contribution is -0.139. The van der Waals surface area contributed by atoms with Gasteiger partial charge in [0.25, 0.3) is 0 Å². The van der Waals surface area contributed by atoms with Gasteiger partial charge >= 0.3 is 5.97 Å². The van der Waals surface area contributed by atoms with Crippen molar-refractivity contribution in [3.8, 4) is 5.75 Å². The molecule has 0 radical (unpaired) electrons. The highest BCUT2D eigenvalue weighted by Crippen LogP contribution is 2.19. The number of carbonyl (C=O) groups is 1. The standard InChI is InChI=1S/C10H14N2O3/c1-2-15-8-5-3-4-7(6-8)9(12-11)10(13)14/h3-6,9,12H,2,11H2,1H3,(H,13,14).